The van der Waals surface area contributed by atoms with Crippen molar-refractivity contribution in [3.8, 4) is 0 Å². The Bertz CT molecular complexity index is 863. The van der Waals surface area contributed by atoms with Gasteiger partial charge in [-0.25, -0.2) is 13.1 Å². The van der Waals surface area contributed by atoms with Crippen molar-refractivity contribution in [2.24, 2.45) is 0 Å². The lowest BCUT2D eigenvalue weighted by Gasteiger charge is -2.10. The Balaban J connectivity index is 2.04. The highest BCUT2D eigenvalue weighted by molar-refractivity contribution is 7.89. The van der Waals surface area contributed by atoms with E-state index in [2.05, 4.69) is 5.32 Å². The minimum absolute atomic E-state index is 0.480. The van der Waals surface area contributed by atoms with Crippen molar-refractivity contribution in [3.05, 3.63) is 59.7 Å². The van der Waals surface area contributed by atoms with Gasteiger partial charge in [-0.3, -0.25) is 4.79 Å². The number of carbonyl (C=O) groups is 1. The molecular weight excluding hydrogens is 357 g/mol. The first-order chi connectivity index (χ1) is 11.6. The number of sulfonamides is 1. The molecule has 2 N–H and O–H groups in total. The second-order valence-electron chi connectivity index (χ2n) is 5.26. The quantitative estimate of drug-likeness (QED) is 0.847. The molecule has 0 aliphatic heterocycles. The van der Waals surface area contributed by atoms with Crippen molar-refractivity contribution >= 4 is 21.6 Å². The maximum atomic E-state index is 12.7. The molecule has 0 unspecified atom stereocenters. The van der Waals surface area contributed by atoms with Gasteiger partial charge in [-0.15, -0.1) is 0 Å². The first-order valence-corrected chi connectivity index (χ1v) is 8.60. The number of alkyl halides is 3. The fourth-order valence-electron chi connectivity index (χ4n) is 1.93. The van der Waals surface area contributed by atoms with E-state index in [1.165, 1.54) is 0 Å². The van der Waals surface area contributed by atoms with E-state index in [4.69, 9.17) is 0 Å². The minimum Gasteiger partial charge on any atom is -0.325 e. The van der Waals surface area contributed by atoms with Gasteiger partial charge in [0.15, 0.2) is 0 Å². The summed E-state index contributed by atoms with van der Waals surface area (Å²) in [6.45, 7) is 1.27. The van der Waals surface area contributed by atoms with E-state index in [1.54, 1.807) is 24.3 Å². The summed E-state index contributed by atoms with van der Waals surface area (Å²) in [5, 5.41) is 2.48. The minimum atomic E-state index is -4.66. The summed E-state index contributed by atoms with van der Waals surface area (Å²) in [6.07, 6.45) is -4.66. The number of amides is 1. The van der Waals surface area contributed by atoms with Crippen LogP contribution in [0.5, 0.6) is 0 Å². The van der Waals surface area contributed by atoms with Gasteiger partial charge in [0.25, 0.3) is 0 Å². The van der Waals surface area contributed by atoms with Crippen molar-refractivity contribution in [1.82, 2.24) is 4.72 Å². The highest BCUT2D eigenvalue weighted by atomic mass is 32.2. The van der Waals surface area contributed by atoms with Crippen LogP contribution < -0.4 is 10.0 Å². The fourth-order valence-corrected chi connectivity index (χ4v) is 2.95. The second kappa shape index (κ2) is 7.24. The number of anilines is 1. The Morgan fingerprint density at radius 3 is 2.32 bits per heavy atom. The topological polar surface area (TPSA) is 75.3 Å². The Morgan fingerprint density at radius 2 is 1.72 bits per heavy atom. The lowest BCUT2D eigenvalue weighted by molar-refractivity contribution is -0.137. The van der Waals surface area contributed by atoms with Crippen LogP contribution in [0.15, 0.2) is 53.4 Å². The zero-order valence-electron chi connectivity index (χ0n) is 13.1. The zero-order valence-corrected chi connectivity index (χ0v) is 13.9. The smallest absolute Gasteiger partial charge is 0.325 e. The van der Waals surface area contributed by atoms with E-state index in [9.17, 15) is 26.4 Å². The molecule has 2 rings (SSSR count). The van der Waals surface area contributed by atoms with Crippen LogP contribution in [0.25, 0.3) is 0 Å². The number of hydrogen-bond acceptors (Lipinski definition) is 3. The number of halogens is 3. The monoisotopic (exact) mass is 372 g/mol. The summed E-state index contributed by atoms with van der Waals surface area (Å²) in [4.78, 5) is 11.2. The molecule has 1 amide bonds. The number of nitrogens with one attached hydrogen (secondary N) is 2. The predicted molar refractivity (Wildman–Crippen MR) is 86.4 cm³/mol. The fraction of sp³-hybridized carbons (Fsp3) is 0.188. The molecule has 0 fully saturated rings. The molecule has 0 saturated heterocycles. The van der Waals surface area contributed by atoms with Gasteiger partial charge in [0.2, 0.25) is 15.9 Å². The highest BCUT2D eigenvalue weighted by Crippen LogP contribution is 2.30. The third-order valence-corrected chi connectivity index (χ3v) is 4.63. The lowest BCUT2D eigenvalue weighted by atomic mass is 10.2. The third kappa shape index (κ3) is 5.30. The van der Waals surface area contributed by atoms with Crippen LogP contribution in [0.3, 0.4) is 0 Å². The first-order valence-electron chi connectivity index (χ1n) is 7.11. The average molecular weight is 372 g/mol. The Morgan fingerprint density at radius 1 is 1.08 bits per heavy atom. The molecule has 0 radical (unpaired) electrons. The van der Waals surface area contributed by atoms with E-state index in [0.29, 0.717) is 11.8 Å². The summed E-state index contributed by atoms with van der Waals surface area (Å²) >= 11 is 0. The number of hydrogen-bond donors (Lipinski definition) is 2. The zero-order chi connectivity index (χ0) is 18.7. The molecule has 0 aliphatic rings. The number of rotatable bonds is 5. The van der Waals surface area contributed by atoms with Crippen molar-refractivity contribution in [3.63, 3.8) is 0 Å². The molecular formula is C16H15F3N2O3S. The van der Waals surface area contributed by atoms with E-state index >= 15 is 0 Å². The summed E-state index contributed by atoms with van der Waals surface area (Å²) in [5.41, 5.74) is 0.386. The molecule has 0 spiro atoms. The van der Waals surface area contributed by atoms with Gasteiger partial charge in [0.1, 0.15) is 0 Å². The van der Waals surface area contributed by atoms with Crippen molar-refractivity contribution in [1.29, 1.82) is 0 Å². The molecule has 9 heteroatoms. The lowest BCUT2D eigenvalue weighted by Crippen LogP contribution is -2.33. The van der Waals surface area contributed by atoms with E-state index < -0.39 is 39.1 Å². The largest absolute Gasteiger partial charge is 0.416 e. The maximum absolute atomic E-state index is 12.7. The second-order valence-corrected chi connectivity index (χ2v) is 7.03. The van der Waals surface area contributed by atoms with Gasteiger partial charge in [-0.05, 0) is 37.3 Å². The summed E-state index contributed by atoms with van der Waals surface area (Å²) in [7, 11) is -4.25. The average Bonchev–Trinajstić information content (AvgIpc) is 2.55. The molecule has 25 heavy (non-hydrogen) atoms. The van der Waals surface area contributed by atoms with Crippen LogP contribution in [0.4, 0.5) is 18.9 Å². The van der Waals surface area contributed by atoms with Crippen molar-refractivity contribution in [2.45, 2.75) is 18.0 Å². The summed E-state index contributed by atoms with van der Waals surface area (Å²) < 4.78 is 64.1. The predicted octanol–water partition coefficient (Wildman–Crippen LogP) is 2.93. The van der Waals surface area contributed by atoms with Crippen LogP contribution in [0.2, 0.25) is 0 Å². The van der Waals surface area contributed by atoms with Crippen LogP contribution in [-0.2, 0) is 21.0 Å². The molecule has 0 atom stereocenters. The van der Waals surface area contributed by atoms with Crippen LogP contribution in [0.1, 0.15) is 11.1 Å². The van der Waals surface area contributed by atoms with Crippen LogP contribution in [0, 0.1) is 6.92 Å². The number of benzene rings is 2. The molecule has 0 aromatic heterocycles. The van der Waals surface area contributed by atoms with Gasteiger partial charge in [-0.2, -0.15) is 13.2 Å². The molecule has 134 valence electrons. The van der Waals surface area contributed by atoms with Crippen molar-refractivity contribution in [2.75, 3.05) is 11.9 Å². The van der Waals surface area contributed by atoms with Gasteiger partial charge >= 0.3 is 6.18 Å². The van der Waals surface area contributed by atoms with Gasteiger partial charge in [0.05, 0.1) is 17.0 Å². The van der Waals surface area contributed by atoms with Crippen LogP contribution >= 0.6 is 0 Å². The van der Waals surface area contributed by atoms with Gasteiger partial charge in [-0.1, -0.05) is 23.8 Å². The van der Waals surface area contributed by atoms with Gasteiger partial charge in [0, 0.05) is 5.69 Å². The van der Waals surface area contributed by atoms with Crippen LogP contribution in [-0.4, -0.2) is 20.9 Å². The van der Waals surface area contributed by atoms with Crippen molar-refractivity contribution < 1.29 is 26.4 Å². The molecule has 0 heterocycles. The number of aryl methyl sites for hydroxylation is 1. The Kier molecular flexibility index (Phi) is 5.48. The molecule has 0 saturated carbocycles. The Labute approximate surface area is 142 Å². The summed E-state index contributed by atoms with van der Waals surface area (Å²) in [5.74, 6) is -0.639. The van der Waals surface area contributed by atoms with E-state index in [-0.39, 0.29) is 0 Å². The molecule has 0 aliphatic carbocycles. The SMILES string of the molecule is Cc1ccc(NC(=O)CNS(=O)(=O)c2cccc(C(F)(F)F)c2)cc1. The first kappa shape index (κ1) is 18.9. The van der Waals surface area contributed by atoms with E-state index in [1.807, 2.05) is 11.6 Å². The maximum Gasteiger partial charge on any atom is 0.416 e. The molecule has 5 nitrogen and oxygen atoms in total. The standard InChI is InChI=1S/C16H15F3N2O3S/c1-11-5-7-13(8-6-11)21-15(22)10-20-25(23,24)14-4-2-3-12(9-14)16(17,18)19/h2-9,20H,10H2,1H3,(H,21,22). The Hall–Kier alpha value is -2.39. The van der Waals surface area contributed by atoms with Gasteiger partial charge < -0.3 is 5.32 Å². The molecule has 2 aromatic carbocycles. The normalized spacial score (nSPS) is 12.0. The van der Waals surface area contributed by atoms with E-state index in [0.717, 1.165) is 23.8 Å². The molecule has 0 bridgehead atoms. The summed E-state index contributed by atoms with van der Waals surface area (Å²) in [6, 6.07) is 10.1. The third-order valence-electron chi connectivity index (χ3n) is 3.23. The highest BCUT2D eigenvalue weighted by Gasteiger charge is 2.31. The number of carbonyl (C=O) groups excluding carboxylic acids is 1. The molecule has 2 aromatic rings.